The average molecular weight is 385 g/mol. The van der Waals surface area contributed by atoms with Crippen LogP contribution in [0.5, 0.6) is 0 Å². The lowest BCUT2D eigenvalue weighted by atomic mass is 9.97. The Morgan fingerprint density at radius 2 is 2.00 bits per heavy atom. The molecule has 0 unspecified atom stereocenters. The molecule has 3 N–H and O–H groups in total. The predicted octanol–water partition coefficient (Wildman–Crippen LogP) is 2.80. The van der Waals surface area contributed by atoms with Gasteiger partial charge in [0, 0.05) is 30.1 Å². The molecule has 1 saturated heterocycles. The number of hydrogen-bond acceptors (Lipinski definition) is 4. The fraction of sp³-hybridized carbons (Fsp3) is 0.524. The number of benzene rings is 1. The Morgan fingerprint density at radius 3 is 2.61 bits per heavy atom. The molecule has 28 heavy (non-hydrogen) atoms. The molecule has 3 aliphatic rings. The Morgan fingerprint density at radius 1 is 1.29 bits per heavy atom. The number of carboxylic acids is 1. The monoisotopic (exact) mass is 385 g/mol. The number of aromatic nitrogens is 1. The SMILES string of the molecule is Cc1c(N2CC[C@@H](C3(N)CC3)C2)c(F)cc2cc(C(=O)O)c(=O)n(C3CC3)c12. The van der Waals surface area contributed by atoms with E-state index >= 15 is 4.39 Å². The Balaban J connectivity index is 1.68. The molecule has 0 amide bonds. The van der Waals surface area contributed by atoms with Crippen LogP contribution in [-0.4, -0.2) is 34.3 Å². The molecule has 6 nitrogen and oxygen atoms in total. The number of halogens is 1. The third-order valence-electron chi connectivity index (χ3n) is 6.77. The zero-order valence-electron chi connectivity index (χ0n) is 15.9. The van der Waals surface area contributed by atoms with Crippen LogP contribution in [-0.2, 0) is 0 Å². The van der Waals surface area contributed by atoms with Gasteiger partial charge in [0.2, 0.25) is 0 Å². The molecule has 0 spiro atoms. The van der Waals surface area contributed by atoms with Crippen molar-refractivity contribution < 1.29 is 14.3 Å². The van der Waals surface area contributed by atoms with Crippen molar-refractivity contribution in [1.29, 1.82) is 0 Å². The molecule has 5 rings (SSSR count). The highest BCUT2D eigenvalue weighted by molar-refractivity contribution is 5.95. The molecule has 2 heterocycles. The minimum Gasteiger partial charge on any atom is -0.477 e. The first-order chi connectivity index (χ1) is 13.3. The van der Waals surface area contributed by atoms with E-state index in [0.717, 1.165) is 45.2 Å². The summed E-state index contributed by atoms with van der Waals surface area (Å²) in [5.74, 6) is -1.28. The van der Waals surface area contributed by atoms with Gasteiger partial charge in [-0.1, -0.05) is 0 Å². The lowest BCUT2D eigenvalue weighted by Gasteiger charge is -2.25. The number of rotatable bonds is 4. The summed E-state index contributed by atoms with van der Waals surface area (Å²) >= 11 is 0. The number of aryl methyl sites for hydroxylation is 1. The van der Waals surface area contributed by atoms with E-state index in [0.29, 0.717) is 28.1 Å². The first kappa shape index (κ1) is 17.7. The van der Waals surface area contributed by atoms with Crippen LogP contribution in [0.25, 0.3) is 10.9 Å². The fourth-order valence-corrected chi connectivity index (χ4v) is 4.87. The van der Waals surface area contributed by atoms with Crippen molar-refractivity contribution >= 4 is 22.6 Å². The number of hydrogen-bond donors (Lipinski definition) is 2. The molecule has 1 atom stereocenters. The minimum atomic E-state index is -1.27. The quantitative estimate of drug-likeness (QED) is 0.845. The van der Waals surface area contributed by atoms with Gasteiger partial charge in [-0.05, 0) is 62.6 Å². The van der Waals surface area contributed by atoms with Crippen LogP contribution in [0.1, 0.15) is 54.1 Å². The predicted molar refractivity (Wildman–Crippen MR) is 105 cm³/mol. The molecule has 1 aliphatic heterocycles. The third kappa shape index (κ3) is 2.56. The summed E-state index contributed by atoms with van der Waals surface area (Å²) < 4.78 is 16.7. The number of carboxylic acid groups (broad SMARTS) is 1. The molecular weight excluding hydrogens is 361 g/mol. The topological polar surface area (TPSA) is 88.6 Å². The number of carbonyl (C=O) groups is 1. The van der Waals surface area contributed by atoms with Crippen LogP contribution in [0, 0.1) is 18.7 Å². The van der Waals surface area contributed by atoms with E-state index in [4.69, 9.17) is 5.73 Å². The van der Waals surface area contributed by atoms with Crippen LogP contribution in [0.3, 0.4) is 0 Å². The second-order valence-electron chi connectivity index (χ2n) is 8.70. The van der Waals surface area contributed by atoms with Crippen molar-refractivity contribution in [3.05, 3.63) is 39.4 Å². The second-order valence-corrected chi connectivity index (χ2v) is 8.70. The Bertz CT molecular complexity index is 1070. The number of anilines is 1. The molecule has 148 valence electrons. The van der Waals surface area contributed by atoms with E-state index in [1.165, 1.54) is 12.1 Å². The molecule has 2 saturated carbocycles. The van der Waals surface area contributed by atoms with Gasteiger partial charge in [-0.15, -0.1) is 0 Å². The van der Waals surface area contributed by atoms with Gasteiger partial charge in [-0.25, -0.2) is 9.18 Å². The molecule has 1 aromatic carbocycles. The van der Waals surface area contributed by atoms with Gasteiger partial charge < -0.3 is 20.3 Å². The summed E-state index contributed by atoms with van der Waals surface area (Å²) in [6.07, 6.45) is 4.69. The van der Waals surface area contributed by atoms with Gasteiger partial charge in [-0.3, -0.25) is 4.79 Å². The largest absolute Gasteiger partial charge is 0.477 e. The zero-order valence-corrected chi connectivity index (χ0v) is 15.9. The lowest BCUT2D eigenvalue weighted by Crippen LogP contribution is -2.35. The first-order valence-corrected chi connectivity index (χ1v) is 9.95. The summed E-state index contributed by atoms with van der Waals surface area (Å²) in [6, 6.07) is 2.69. The highest BCUT2D eigenvalue weighted by atomic mass is 19.1. The first-order valence-electron chi connectivity index (χ1n) is 9.95. The Kier molecular flexibility index (Phi) is 3.66. The van der Waals surface area contributed by atoms with E-state index in [1.807, 2.05) is 6.92 Å². The summed E-state index contributed by atoms with van der Waals surface area (Å²) in [6.45, 7) is 3.30. The highest BCUT2D eigenvalue weighted by Gasteiger charge is 2.48. The van der Waals surface area contributed by atoms with Crippen molar-refractivity contribution in [1.82, 2.24) is 4.57 Å². The van der Waals surface area contributed by atoms with E-state index in [-0.39, 0.29) is 23.0 Å². The maximum atomic E-state index is 15.1. The maximum Gasteiger partial charge on any atom is 0.341 e. The normalized spacial score (nSPS) is 23.4. The summed E-state index contributed by atoms with van der Waals surface area (Å²) in [4.78, 5) is 26.4. The second kappa shape index (κ2) is 5.80. The number of aromatic carboxylic acids is 1. The summed E-state index contributed by atoms with van der Waals surface area (Å²) in [5.41, 5.74) is 7.37. The molecule has 1 aromatic heterocycles. The van der Waals surface area contributed by atoms with E-state index in [2.05, 4.69) is 4.90 Å². The van der Waals surface area contributed by atoms with Crippen LogP contribution < -0.4 is 16.2 Å². The molecule has 0 bridgehead atoms. The fourth-order valence-electron chi connectivity index (χ4n) is 4.87. The van der Waals surface area contributed by atoms with Gasteiger partial charge in [0.25, 0.3) is 5.56 Å². The molecule has 0 radical (unpaired) electrons. The van der Waals surface area contributed by atoms with Crippen LogP contribution in [0.4, 0.5) is 10.1 Å². The highest BCUT2D eigenvalue weighted by Crippen LogP contribution is 2.46. The van der Waals surface area contributed by atoms with Gasteiger partial charge in [0.15, 0.2) is 0 Å². The van der Waals surface area contributed by atoms with Crippen molar-refractivity contribution in [2.75, 3.05) is 18.0 Å². The average Bonchev–Trinajstić information content (AvgIpc) is 3.55. The molecule has 3 fully saturated rings. The summed E-state index contributed by atoms with van der Waals surface area (Å²) in [7, 11) is 0. The Hall–Kier alpha value is -2.41. The molecular formula is C21H24FN3O3. The molecule has 7 heteroatoms. The van der Waals surface area contributed by atoms with Crippen molar-refractivity contribution in [2.24, 2.45) is 11.7 Å². The number of nitrogens with two attached hydrogens (primary N) is 1. The van der Waals surface area contributed by atoms with Crippen molar-refractivity contribution in [2.45, 2.75) is 50.6 Å². The molecule has 2 aromatic rings. The maximum absolute atomic E-state index is 15.1. The molecule has 2 aliphatic carbocycles. The van der Waals surface area contributed by atoms with Gasteiger partial charge >= 0.3 is 5.97 Å². The lowest BCUT2D eigenvalue weighted by molar-refractivity contribution is 0.0694. The number of pyridine rings is 1. The van der Waals surface area contributed by atoms with Gasteiger partial charge in [0.05, 0.1) is 11.2 Å². The van der Waals surface area contributed by atoms with Crippen molar-refractivity contribution in [3.8, 4) is 0 Å². The standard InChI is InChI=1S/C21H24FN3O3/c1-11-17-12(8-15(20(27)28)19(26)25(17)14-2-3-14)9-16(22)18(11)24-7-4-13(10-24)21(23)5-6-21/h8-9,13-14H,2-7,10,23H2,1H3,(H,27,28)/t13-/m1/s1. The van der Waals surface area contributed by atoms with Crippen LogP contribution in [0.15, 0.2) is 16.9 Å². The number of nitrogens with zero attached hydrogens (tertiary/aromatic N) is 2. The third-order valence-corrected chi connectivity index (χ3v) is 6.77. The van der Waals surface area contributed by atoms with Gasteiger partial charge in [-0.2, -0.15) is 0 Å². The smallest absolute Gasteiger partial charge is 0.341 e. The van der Waals surface area contributed by atoms with E-state index in [1.54, 1.807) is 4.57 Å². The van der Waals surface area contributed by atoms with Crippen LogP contribution >= 0.6 is 0 Å². The zero-order chi connectivity index (χ0) is 19.8. The minimum absolute atomic E-state index is 0.00332. The number of fused-ring (bicyclic) bond motifs is 1. The van der Waals surface area contributed by atoms with Crippen molar-refractivity contribution in [3.63, 3.8) is 0 Å². The van der Waals surface area contributed by atoms with E-state index in [9.17, 15) is 14.7 Å². The Labute approximate surface area is 161 Å². The van der Waals surface area contributed by atoms with Crippen LogP contribution in [0.2, 0.25) is 0 Å². The van der Waals surface area contributed by atoms with E-state index < -0.39 is 11.5 Å². The van der Waals surface area contributed by atoms with Gasteiger partial charge in [0.1, 0.15) is 11.4 Å². The summed E-state index contributed by atoms with van der Waals surface area (Å²) in [5, 5.41) is 9.87.